The Labute approximate surface area is 310 Å². The number of aryl methyl sites for hydroxylation is 1. The molecule has 5 rings (SSSR count). The number of ether oxygens (including phenoxy) is 1. The summed E-state index contributed by atoms with van der Waals surface area (Å²) in [5.41, 5.74) is 8.16. The minimum Gasteiger partial charge on any atom is -0.487 e. The van der Waals surface area contributed by atoms with E-state index in [0.717, 1.165) is 49.9 Å². The standard InChI is InChI=1S/C37H55ClN4O7S2/c1-26(27(2)50(45)46)7-6-15-37(44,25-40-17-19-42(20-18-40)51(3,47)48)33-13-10-30(33)23-41-16-5-4-8-28-21-32(38)12-9-31(28)24-49-35-14-11-29(36(39)43)22-34(35)41/h9,11-12,14,21-22,26-27,30,33,44,50H,4-8,10,13,15-20,23-25H2,1-3H3,(H2,39,43)/t26-,27+,30-,33+,37-/m0/s1. The highest BCUT2D eigenvalue weighted by molar-refractivity contribution is 7.88. The molecule has 1 aliphatic carbocycles. The van der Waals surface area contributed by atoms with Crippen LogP contribution in [0, 0.1) is 17.8 Å². The number of carbonyl (C=O) groups excluding carboxylic acids is 1. The van der Waals surface area contributed by atoms with Crippen molar-refractivity contribution in [1.29, 1.82) is 0 Å². The fourth-order valence-corrected chi connectivity index (χ4v) is 9.62. The number of halogens is 1. The Bertz CT molecular complexity index is 1710. The highest BCUT2D eigenvalue weighted by atomic mass is 35.5. The van der Waals surface area contributed by atoms with Gasteiger partial charge in [0.05, 0.1) is 22.8 Å². The number of benzene rings is 2. The number of nitrogens with two attached hydrogens (primary N) is 1. The molecule has 1 saturated heterocycles. The molecule has 11 nitrogen and oxygen atoms in total. The summed E-state index contributed by atoms with van der Waals surface area (Å²) < 4.78 is 55.6. The number of primary amides is 1. The van der Waals surface area contributed by atoms with Gasteiger partial charge in [-0.2, -0.15) is 4.31 Å². The predicted molar refractivity (Wildman–Crippen MR) is 203 cm³/mol. The van der Waals surface area contributed by atoms with Crippen LogP contribution in [0.15, 0.2) is 36.4 Å². The van der Waals surface area contributed by atoms with Gasteiger partial charge in [-0.05, 0) is 111 Å². The topological polar surface area (TPSA) is 151 Å². The first-order valence-electron chi connectivity index (χ1n) is 18.3. The third-order valence-electron chi connectivity index (χ3n) is 11.5. The fourth-order valence-electron chi connectivity index (χ4n) is 8.04. The van der Waals surface area contributed by atoms with Gasteiger partial charge in [0.25, 0.3) is 0 Å². The number of sulfonamides is 1. The molecule has 284 valence electrons. The maximum Gasteiger partial charge on any atom is 0.248 e. The average molecular weight is 767 g/mol. The second kappa shape index (κ2) is 17.2. The molecular weight excluding hydrogens is 712 g/mol. The van der Waals surface area contributed by atoms with Crippen molar-refractivity contribution >= 4 is 43.9 Å². The normalized spacial score (nSPS) is 23.1. The summed E-state index contributed by atoms with van der Waals surface area (Å²) in [6.07, 6.45) is 7.63. The van der Waals surface area contributed by atoms with E-state index in [-0.39, 0.29) is 17.8 Å². The highest BCUT2D eigenvalue weighted by Crippen LogP contribution is 2.46. The van der Waals surface area contributed by atoms with Gasteiger partial charge in [0.2, 0.25) is 15.9 Å². The van der Waals surface area contributed by atoms with Gasteiger partial charge < -0.3 is 20.5 Å². The van der Waals surface area contributed by atoms with E-state index < -0.39 is 37.5 Å². The second-order valence-corrected chi connectivity index (χ2v) is 18.8. The van der Waals surface area contributed by atoms with Crippen LogP contribution in [0.1, 0.15) is 80.3 Å². The summed E-state index contributed by atoms with van der Waals surface area (Å²) in [7, 11) is -5.81. The van der Waals surface area contributed by atoms with Gasteiger partial charge in [-0.3, -0.25) is 9.69 Å². The molecule has 2 aromatic rings. The molecule has 0 unspecified atom stereocenters. The van der Waals surface area contributed by atoms with Gasteiger partial charge in [0.1, 0.15) is 23.1 Å². The maximum atomic E-state index is 12.6. The molecule has 0 bridgehead atoms. The number of nitrogens with zero attached hydrogens (tertiary/aromatic N) is 3. The van der Waals surface area contributed by atoms with E-state index >= 15 is 0 Å². The molecule has 0 spiro atoms. The third kappa shape index (κ3) is 10.2. The van der Waals surface area contributed by atoms with Crippen molar-refractivity contribution in [1.82, 2.24) is 9.21 Å². The summed E-state index contributed by atoms with van der Waals surface area (Å²) >= 11 is 6.35. The van der Waals surface area contributed by atoms with Crippen LogP contribution in [-0.2, 0) is 33.8 Å². The van der Waals surface area contributed by atoms with Gasteiger partial charge in [-0.25, -0.2) is 16.8 Å². The molecule has 14 heteroatoms. The lowest BCUT2D eigenvalue weighted by Gasteiger charge is -2.51. The van der Waals surface area contributed by atoms with Crippen molar-refractivity contribution < 1.29 is 31.5 Å². The maximum absolute atomic E-state index is 12.6. The van der Waals surface area contributed by atoms with E-state index in [9.17, 15) is 26.7 Å². The van der Waals surface area contributed by atoms with Crippen molar-refractivity contribution in [2.24, 2.45) is 23.5 Å². The zero-order valence-electron chi connectivity index (χ0n) is 30.1. The molecule has 5 atom stereocenters. The summed E-state index contributed by atoms with van der Waals surface area (Å²) in [6.45, 7) is 7.72. The Balaban J connectivity index is 1.38. The van der Waals surface area contributed by atoms with Crippen LogP contribution in [0.4, 0.5) is 5.69 Å². The molecule has 3 aliphatic rings. The first-order valence-corrected chi connectivity index (χ1v) is 21.7. The van der Waals surface area contributed by atoms with Crippen molar-refractivity contribution in [2.45, 2.75) is 82.7 Å². The lowest BCUT2D eigenvalue weighted by Crippen LogP contribution is -2.59. The molecule has 1 amide bonds. The third-order valence-corrected chi connectivity index (χ3v) is 14.3. The molecule has 2 aromatic carbocycles. The minimum absolute atomic E-state index is 0.0115. The first kappa shape index (κ1) is 39.8. The SMILES string of the molecule is C[C@H]([C@@H](C)CCC[C@](O)(CN1CCN(S(C)(=O)=O)CC1)[C@@H]1CC[C@H]1CN1CCCCc2cc(Cl)ccc2COc2ccc(C(N)=O)cc21)[SH](=O)=O. The van der Waals surface area contributed by atoms with Crippen molar-refractivity contribution in [3.8, 4) is 5.75 Å². The summed E-state index contributed by atoms with van der Waals surface area (Å²) in [5.74, 6) is 0.275. The number of hydrogen-bond donors (Lipinski definition) is 3. The monoisotopic (exact) mass is 766 g/mol. The lowest BCUT2D eigenvalue weighted by molar-refractivity contribution is -0.108. The van der Waals surface area contributed by atoms with Gasteiger partial charge in [0.15, 0.2) is 0 Å². The predicted octanol–water partition coefficient (Wildman–Crippen LogP) is 4.30. The smallest absolute Gasteiger partial charge is 0.248 e. The number of piperazine rings is 1. The molecule has 0 radical (unpaired) electrons. The number of rotatable bonds is 13. The van der Waals surface area contributed by atoms with E-state index in [4.69, 9.17) is 22.1 Å². The van der Waals surface area contributed by atoms with Crippen LogP contribution in [0.2, 0.25) is 5.02 Å². The van der Waals surface area contributed by atoms with Crippen molar-refractivity contribution in [2.75, 3.05) is 57.0 Å². The minimum atomic E-state index is -3.29. The number of amides is 1. The molecular formula is C37H55ClN4O7S2. The first-order chi connectivity index (χ1) is 24.1. The summed E-state index contributed by atoms with van der Waals surface area (Å²) in [5, 5.41) is 12.9. The zero-order chi connectivity index (χ0) is 36.9. The van der Waals surface area contributed by atoms with E-state index in [1.807, 2.05) is 37.3 Å². The molecule has 2 fully saturated rings. The Kier molecular flexibility index (Phi) is 13.4. The number of β-amino-alcohol motifs (C(OH)–C–C–N with tert-alkyl or cyclic N) is 1. The zero-order valence-corrected chi connectivity index (χ0v) is 32.6. The molecule has 3 N–H and O–H groups in total. The van der Waals surface area contributed by atoms with Crippen LogP contribution in [0.25, 0.3) is 0 Å². The molecule has 1 saturated carbocycles. The van der Waals surface area contributed by atoms with Gasteiger partial charge in [-0.1, -0.05) is 31.0 Å². The van der Waals surface area contributed by atoms with Gasteiger partial charge >= 0.3 is 0 Å². The summed E-state index contributed by atoms with van der Waals surface area (Å²) in [6, 6.07) is 11.2. The Morgan fingerprint density at radius 3 is 2.45 bits per heavy atom. The van der Waals surface area contributed by atoms with Crippen molar-refractivity contribution in [3.05, 3.63) is 58.1 Å². The molecule has 2 aliphatic heterocycles. The van der Waals surface area contributed by atoms with Crippen LogP contribution in [0.3, 0.4) is 0 Å². The molecule has 2 heterocycles. The van der Waals surface area contributed by atoms with Gasteiger partial charge in [0, 0.05) is 56.4 Å². The Morgan fingerprint density at radius 1 is 1.06 bits per heavy atom. The number of hydrogen-bond acceptors (Lipinski definition) is 9. The number of anilines is 1. The lowest BCUT2D eigenvalue weighted by atomic mass is 9.62. The summed E-state index contributed by atoms with van der Waals surface area (Å²) in [4.78, 5) is 16.8. The number of carbonyl (C=O) groups is 1. The van der Waals surface area contributed by atoms with Crippen molar-refractivity contribution in [3.63, 3.8) is 0 Å². The Morgan fingerprint density at radius 2 is 1.80 bits per heavy atom. The number of thiol groups is 1. The van der Waals surface area contributed by atoms with E-state index in [0.29, 0.717) is 81.5 Å². The number of aliphatic hydroxyl groups is 1. The molecule has 51 heavy (non-hydrogen) atoms. The highest BCUT2D eigenvalue weighted by Gasteiger charge is 2.48. The van der Waals surface area contributed by atoms with E-state index in [1.54, 1.807) is 13.0 Å². The largest absolute Gasteiger partial charge is 0.487 e. The van der Waals surface area contributed by atoms with E-state index in [1.165, 1.54) is 16.1 Å². The van der Waals surface area contributed by atoms with Crippen LogP contribution in [0.5, 0.6) is 5.75 Å². The molecule has 0 aromatic heterocycles. The van der Waals surface area contributed by atoms with Crippen LogP contribution < -0.4 is 15.4 Å². The second-order valence-electron chi connectivity index (χ2n) is 15.0. The van der Waals surface area contributed by atoms with Crippen LogP contribution in [-0.4, -0.2) is 100.0 Å². The average Bonchev–Trinajstić information content (AvgIpc) is 3.09. The fraction of sp³-hybridized carbons (Fsp3) is 0.649. The Hall–Kier alpha value is -2.42. The quantitative estimate of drug-likeness (QED) is 0.254. The number of fused-ring (bicyclic) bond motifs is 2. The van der Waals surface area contributed by atoms with Gasteiger partial charge in [-0.15, -0.1) is 0 Å². The van der Waals surface area contributed by atoms with E-state index in [2.05, 4.69) is 9.80 Å². The van der Waals surface area contributed by atoms with Crippen LogP contribution >= 0.6 is 11.6 Å².